The Labute approximate surface area is 90.4 Å². The number of aldehydes is 1. The van der Waals surface area contributed by atoms with Crippen molar-refractivity contribution in [3.05, 3.63) is 23.8 Å². The summed E-state index contributed by atoms with van der Waals surface area (Å²) in [5.74, 6) is 0.691. The highest BCUT2D eigenvalue weighted by molar-refractivity contribution is 5.85. The molecule has 0 aliphatic carbocycles. The van der Waals surface area contributed by atoms with Crippen LogP contribution in [0.2, 0.25) is 0 Å². The van der Waals surface area contributed by atoms with E-state index in [0.717, 1.165) is 12.0 Å². The standard InChI is InChI=1S/C12H17NO2/c1-12(2,3)13-11-6-5-10(15-4)7-9(11)8-14/h5-8,13H,1-4H3. The number of benzene rings is 1. The molecule has 0 bridgehead atoms. The van der Waals surface area contributed by atoms with Crippen molar-refractivity contribution in [1.29, 1.82) is 0 Å². The highest BCUT2D eigenvalue weighted by Crippen LogP contribution is 2.23. The SMILES string of the molecule is COc1ccc(NC(C)(C)C)c(C=O)c1. The molecule has 0 spiro atoms. The number of ether oxygens (including phenoxy) is 1. The van der Waals surface area contributed by atoms with Crippen LogP contribution in [-0.2, 0) is 0 Å². The Balaban J connectivity index is 3.03. The lowest BCUT2D eigenvalue weighted by Gasteiger charge is -2.23. The van der Waals surface area contributed by atoms with Crippen LogP contribution in [-0.4, -0.2) is 18.9 Å². The molecule has 0 saturated carbocycles. The van der Waals surface area contributed by atoms with Crippen molar-refractivity contribution in [3.8, 4) is 5.75 Å². The van der Waals surface area contributed by atoms with Crippen LogP contribution in [0.3, 0.4) is 0 Å². The van der Waals surface area contributed by atoms with Crippen molar-refractivity contribution in [3.63, 3.8) is 0 Å². The fraction of sp³-hybridized carbons (Fsp3) is 0.417. The Morgan fingerprint density at radius 2 is 2.00 bits per heavy atom. The van der Waals surface area contributed by atoms with Crippen molar-refractivity contribution in [2.75, 3.05) is 12.4 Å². The summed E-state index contributed by atoms with van der Waals surface area (Å²) >= 11 is 0. The topological polar surface area (TPSA) is 38.3 Å². The Morgan fingerprint density at radius 3 is 2.47 bits per heavy atom. The summed E-state index contributed by atoms with van der Waals surface area (Å²) in [6, 6.07) is 5.41. The van der Waals surface area contributed by atoms with Gasteiger partial charge in [0.1, 0.15) is 5.75 Å². The lowest BCUT2D eigenvalue weighted by molar-refractivity contribution is 0.112. The Hall–Kier alpha value is -1.51. The van der Waals surface area contributed by atoms with Crippen LogP contribution in [0, 0.1) is 0 Å². The van der Waals surface area contributed by atoms with Crippen molar-refractivity contribution >= 4 is 12.0 Å². The molecule has 3 heteroatoms. The van der Waals surface area contributed by atoms with E-state index in [9.17, 15) is 4.79 Å². The zero-order valence-corrected chi connectivity index (χ0v) is 9.63. The van der Waals surface area contributed by atoms with Crippen molar-refractivity contribution in [2.24, 2.45) is 0 Å². The Morgan fingerprint density at radius 1 is 1.33 bits per heavy atom. The maximum atomic E-state index is 10.9. The van der Waals surface area contributed by atoms with Gasteiger partial charge in [-0.3, -0.25) is 4.79 Å². The quantitative estimate of drug-likeness (QED) is 0.774. The normalized spacial score (nSPS) is 10.9. The molecule has 1 N–H and O–H groups in total. The molecule has 0 saturated heterocycles. The minimum Gasteiger partial charge on any atom is -0.497 e. The number of hydrogen-bond acceptors (Lipinski definition) is 3. The number of methoxy groups -OCH3 is 1. The van der Waals surface area contributed by atoms with E-state index in [0.29, 0.717) is 11.3 Å². The van der Waals surface area contributed by atoms with Gasteiger partial charge in [0, 0.05) is 16.8 Å². The molecule has 1 rings (SSSR count). The van der Waals surface area contributed by atoms with Gasteiger partial charge < -0.3 is 10.1 Å². The van der Waals surface area contributed by atoms with Crippen molar-refractivity contribution in [2.45, 2.75) is 26.3 Å². The highest BCUT2D eigenvalue weighted by atomic mass is 16.5. The maximum Gasteiger partial charge on any atom is 0.152 e. The van der Waals surface area contributed by atoms with E-state index in [4.69, 9.17) is 4.74 Å². The number of nitrogens with one attached hydrogen (secondary N) is 1. The van der Waals surface area contributed by atoms with Crippen LogP contribution in [0.25, 0.3) is 0 Å². The second kappa shape index (κ2) is 4.34. The van der Waals surface area contributed by atoms with Gasteiger partial charge in [-0.05, 0) is 39.0 Å². The third-order valence-electron chi connectivity index (χ3n) is 1.90. The zero-order valence-electron chi connectivity index (χ0n) is 9.63. The molecule has 0 aliphatic rings. The van der Waals surface area contributed by atoms with Gasteiger partial charge in [0.15, 0.2) is 6.29 Å². The molecule has 0 atom stereocenters. The fourth-order valence-electron chi connectivity index (χ4n) is 1.28. The number of carbonyl (C=O) groups is 1. The molecular weight excluding hydrogens is 190 g/mol. The van der Waals surface area contributed by atoms with Crippen LogP contribution in [0.15, 0.2) is 18.2 Å². The lowest BCUT2D eigenvalue weighted by Crippen LogP contribution is -2.26. The van der Waals surface area contributed by atoms with Gasteiger partial charge in [-0.25, -0.2) is 0 Å². The molecule has 0 aromatic heterocycles. The summed E-state index contributed by atoms with van der Waals surface area (Å²) in [7, 11) is 1.58. The molecule has 0 radical (unpaired) electrons. The average Bonchev–Trinajstić information content (AvgIpc) is 2.16. The number of rotatable bonds is 3. The van der Waals surface area contributed by atoms with Crippen LogP contribution in [0.4, 0.5) is 5.69 Å². The first kappa shape index (κ1) is 11.6. The lowest BCUT2D eigenvalue weighted by atomic mass is 10.1. The maximum absolute atomic E-state index is 10.9. The summed E-state index contributed by atoms with van der Waals surface area (Å²) in [4.78, 5) is 10.9. The van der Waals surface area contributed by atoms with E-state index in [1.807, 2.05) is 32.9 Å². The fourth-order valence-corrected chi connectivity index (χ4v) is 1.28. The van der Waals surface area contributed by atoms with E-state index in [1.165, 1.54) is 0 Å². The minimum absolute atomic E-state index is 0.0631. The van der Waals surface area contributed by atoms with E-state index < -0.39 is 0 Å². The molecule has 1 aromatic carbocycles. The van der Waals surface area contributed by atoms with Gasteiger partial charge in [0.25, 0.3) is 0 Å². The summed E-state index contributed by atoms with van der Waals surface area (Å²) < 4.78 is 5.06. The largest absolute Gasteiger partial charge is 0.497 e. The third kappa shape index (κ3) is 3.27. The van der Waals surface area contributed by atoms with Gasteiger partial charge in [-0.15, -0.1) is 0 Å². The van der Waals surface area contributed by atoms with Gasteiger partial charge in [-0.1, -0.05) is 0 Å². The number of carbonyl (C=O) groups excluding carboxylic acids is 1. The average molecular weight is 207 g/mol. The summed E-state index contributed by atoms with van der Waals surface area (Å²) in [5, 5.41) is 3.27. The number of hydrogen-bond donors (Lipinski definition) is 1. The molecule has 15 heavy (non-hydrogen) atoms. The van der Waals surface area contributed by atoms with Crippen molar-refractivity contribution in [1.82, 2.24) is 0 Å². The van der Waals surface area contributed by atoms with Crippen LogP contribution in [0.5, 0.6) is 5.75 Å². The second-order valence-corrected chi connectivity index (χ2v) is 4.45. The molecule has 1 aromatic rings. The van der Waals surface area contributed by atoms with E-state index >= 15 is 0 Å². The van der Waals surface area contributed by atoms with Gasteiger partial charge in [0.2, 0.25) is 0 Å². The van der Waals surface area contributed by atoms with E-state index in [2.05, 4.69) is 5.32 Å². The minimum atomic E-state index is -0.0631. The summed E-state index contributed by atoms with van der Waals surface area (Å²) in [6.45, 7) is 6.14. The van der Waals surface area contributed by atoms with Gasteiger partial charge >= 0.3 is 0 Å². The molecule has 82 valence electrons. The second-order valence-electron chi connectivity index (χ2n) is 4.45. The molecule has 0 heterocycles. The third-order valence-corrected chi connectivity index (χ3v) is 1.90. The van der Waals surface area contributed by atoms with E-state index in [1.54, 1.807) is 13.2 Å². The predicted octanol–water partition coefficient (Wildman–Crippen LogP) is 2.72. The summed E-state index contributed by atoms with van der Waals surface area (Å²) in [5.41, 5.74) is 1.38. The van der Waals surface area contributed by atoms with Crippen LogP contribution >= 0.6 is 0 Å². The molecular formula is C12H17NO2. The monoisotopic (exact) mass is 207 g/mol. The smallest absolute Gasteiger partial charge is 0.152 e. The molecule has 0 aliphatic heterocycles. The van der Waals surface area contributed by atoms with Gasteiger partial charge in [0.05, 0.1) is 7.11 Å². The Kier molecular flexibility index (Phi) is 3.35. The van der Waals surface area contributed by atoms with Gasteiger partial charge in [-0.2, -0.15) is 0 Å². The first-order chi connectivity index (χ1) is 6.96. The van der Waals surface area contributed by atoms with Crippen molar-refractivity contribution < 1.29 is 9.53 Å². The highest BCUT2D eigenvalue weighted by Gasteiger charge is 2.12. The number of anilines is 1. The molecule has 3 nitrogen and oxygen atoms in total. The first-order valence-corrected chi connectivity index (χ1v) is 4.87. The zero-order chi connectivity index (χ0) is 11.5. The Bertz CT molecular complexity index is 353. The first-order valence-electron chi connectivity index (χ1n) is 4.87. The predicted molar refractivity (Wildman–Crippen MR) is 61.8 cm³/mol. The van der Waals surface area contributed by atoms with Crippen LogP contribution < -0.4 is 10.1 Å². The molecule has 0 fully saturated rings. The summed E-state index contributed by atoms with van der Waals surface area (Å²) in [6.07, 6.45) is 0.830. The van der Waals surface area contributed by atoms with Crippen LogP contribution in [0.1, 0.15) is 31.1 Å². The molecule has 0 amide bonds. The van der Waals surface area contributed by atoms with E-state index in [-0.39, 0.29) is 5.54 Å². The molecule has 0 unspecified atom stereocenters.